The van der Waals surface area contributed by atoms with Gasteiger partial charge in [-0.25, -0.2) is 10.2 Å². The first-order chi connectivity index (χ1) is 11.7. The molecule has 13 heteroatoms. The van der Waals surface area contributed by atoms with Gasteiger partial charge >= 0.3 is 18.4 Å². The summed E-state index contributed by atoms with van der Waals surface area (Å²) in [7, 11) is 0. The van der Waals surface area contributed by atoms with Gasteiger partial charge in [-0.05, 0) is 24.6 Å². The lowest BCUT2D eigenvalue weighted by molar-refractivity contribution is -0.304. The Kier molecular flexibility index (Phi) is 6.64. The van der Waals surface area contributed by atoms with Gasteiger partial charge in [-0.15, -0.1) is 0 Å². The van der Waals surface area contributed by atoms with E-state index in [2.05, 4.69) is 0 Å². The molecular weight excluding hydrogens is 415 g/mol. The number of carbonyl (C=O) groups excluding carboxylic acids is 2. The minimum Gasteiger partial charge on any atom is -0.315 e. The third-order valence-electron chi connectivity index (χ3n) is 3.30. The average molecular weight is 426 g/mol. The molecule has 0 saturated heterocycles. The Bertz CT molecular complexity index is 679. The lowest BCUT2D eigenvalue weighted by atomic mass is 9.94. The van der Waals surface area contributed by atoms with E-state index in [1.807, 2.05) is 0 Å². The number of amides is 3. The van der Waals surface area contributed by atoms with Crippen LogP contribution in [-0.2, 0) is 0 Å². The number of alkyl halides is 6. The molecule has 1 aromatic carbocycles. The second kappa shape index (κ2) is 7.78. The summed E-state index contributed by atoms with van der Waals surface area (Å²) in [5.74, 6) is -1.04. The van der Waals surface area contributed by atoms with Crippen LogP contribution < -0.4 is 16.2 Å². The van der Waals surface area contributed by atoms with Crippen LogP contribution in [-0.4, -0.2) is 29.8 Å². The van der Waals surface area contributed by atoms with E-state index in [1.165, 1.54) is 17.6 Å². The maximum Gasteiger partial charge on any atom is 0.420 e. The maximum atomic E-state index is 12.9. The molecule has 1 rings (SSSR count). The van der Waals surface area contributed by atoms with Gasteiger partial charge in [-0.2, -0.15) is 26.3 Å². The predicted octanol–water partition coefficient (Wildman–Crippen LogP) is 4.21. The van der Waals surface area contributed by atoms with Crippen molar-refractivity contribution in [3.8, 4) is 0 Å². The number of benzene rings is 1. The van der Waals surface area contributed by atoms with Crippen LogP contribution in [0.15, 0.2) is 18.2 Å². The fourth-order valence-corrected chi connectivity index (χ4v) is 2.14. The molecule has 0 saturated carbocycles. The van der Waals surface area contributed by atoms with Crippen LogP contribution >= 0.6 is 23.2 Å². The summed E-state index contributed by atoms with van der Waals surface area (Å²) in [6, 6.07) is 1.58. The zero-order valence-electron chi connectivity index (χ0n) is 12.8. The fraction of sp³-hybridized carbons (Fsp3) is 0.385. The predicted molar refractivity (Wildman–Crippen MR) is 80.7 cm³/mol. The summed E-state index contributed by atoms with van der Waals surface area (Å²) < 4.78 is 77.4. The van der Waals surface area contributed by atoms with Crippen LogP contribution in [0.2, 0.25) is 10.0 Å². The summed E-state index contributed by atoms with van der Waals surface area (Å²) >= 11 is 11.3. The van der Waals surface area contributed by atoms with E-state index in [9.17, 15) is 35.9 Å². The molecule has 1 aromatic rings. The van der Waals surface area contributed by atoms with E-state index in [0.29, 0.717) is 6.92 Å². The van der Waals surface area contributed by atoms with Crippen LogP contribution in [0, 0.1) is 0 Å². The molecule has 0 atom stereocenters. The van der Waals surface area contributed by atoms with Crippen molar-refractivity contribution in [2.75, 3.05) is 0 Å². The number of hydrazine groups is 1. The zero-order valence-corrected chi connectivity index (χ0v) is 14.3. The Hall–Kier alpha value is -1.88. The van der Waals surface area contributed by atoms with Gasteiger partial charge < -0.3 is 5.32 Å². The fourth-order valence-electron chi connectivity index (χ4n) is 1.84. The standard InChI is InChI=1S/C13H11Cl2F6N3O2/c1-2-11(12(16,17)18,13(19,20)21)22-10(26)24-23-9(25)6-3-4-7(14)8(15)5-6/h3-5H,2H2,1H3,(H,23,25)(H2,22,24,26). The molecule has 0 aliphatic carbocycles. The number of nitrogens with one attached hydrogen (secondary N) is 3. The van der Waals surface area contributed by atoms with Crippen LogP contribution in [0.1, 0.15) is 23.7 Å². The number of hydrogen-bond acceptors (Lipinski definition) is 2. The van der Waals surface area contributed by atoms with E-state index in [-0.39, 0.29) is 15.6 Å². The quantitative estimate of drug-likeness (QED) is 0.501. The van der Waals surface area contributed by atoms with Crippen molar-refractivity contribution >= 4 is 35.1 Å². The van der Waals surface area contributed by atoms with Crippen molar-refractivity contribution in [3.05, 3.63) is 33.8 Å². The number of urea groups is 1. The zero-order chi connectivity index (χ0) is 20.3. The van der Waals surface area contributed by atoms with E-state index in [4.69, 9.17) is 23.2 Å². The van der Waals surface area contributed by atoms with Crippen molar-refractivity contribution in [1.82, 2.24) is 16.2 Å². The van der Waals surface area contributed by atoms with Crippen LogP contribution in [0.5, 0.6) is 0 Å². The summed E-state index contributed by atoms with van der Waals surface area (Å²) in [5.41, 5.74) is -1.54. The van der Waals surface area contributed by atoms with Gasteiger partial charge in [0.15, 0.2) is 0 Å². The van der Waals surface area contributed by atoms with Gasteiger partial charge in [0.25, 0.3) is 5.91 Å². The number of hydrogen-bond donors (Lipinski definition) is 3. The van der Waals surface area contributed by atoms with E-state index < -0.39 is 36.3 Å². The lowest BCUT2D eigenvalue weighted by Crippen LogP contribution is -2.69. The molecule has 0 radical (unpaired) electrons. The topological polar surface area (TPSA) is 70.2 Å². The molecule has 5 nitrogen and oxygen atoms in total. The van der Waals surface area contributed by atoms with Crippen molar-refractivity contribution in [2.24, 2.45) is 0 Å². The molecule has 0 unspecified atom stereocenters. The molecule has 26 heavy (non-hydrogen) atoms. The first-order valence-electron chi connectivity index (χ1n) is 6.72. The van der Waals surface area contributed by atoms with Gasteiger partial charge in [0.1, 0.15) is 0 Å². The van der Waals surface area contributed by atoms with Gasteiger partial charge in [0.05, 0.1) is 10.0 Å². The minimum absolute atomic E-state index is 0.0251. The van der Waals surface area contributed by atoms with Crippen molar-refractivity contribution < 1.29 is 35.9 Å². The third-order valence-corrected chi connectivity index (χ3v) is 4.04. The van der Waals surface area contributed by atoms with E-state index in [1.54, 1.807) is 5.43 Å². The molecule has 3 N–H and O–H groups in total. The molecule has 0 aliphatic heterocycles. The molecule has 146 valence electrons. The van der Waals surface area contributed by atoms with Gasteiger partial charge in [-0.1, -0.05) is 30.1 Å². The SMILES string of the molecule is CCC(NC(=O)NNC(=O)c1ccc(Cl)c(Cl)c1)(C(F)(F)F)C(F)(F)F. The Morgan fingerprint density at radius 2 is 1.50 bits per heavy atom. The normalized spacial score (nSPS) is 12.5. The first-order valence-corrected chi connectivity index (χ1v) is 7.47. The highest BCUT2D eigenvalue weighted by atomic mass is 35.5. The van der Waals surface area contributed by atoms with E-state index in [0.717, 1.165) is 11.4 Å². The molecule has 0 heterocycles. The van der Waals surface area contributed by atoms with Crippen LogP contribution in [0.4, 0.5) is 31.1 Å². The second-order valence-electron chi connectivity index (χ2n) is 4.92. The summed E-state index contributed by atoms with van der Waals surface area (Å²) in [4.78, 5) is 23.2. The van der Waals surface area contributed by atoms with Crippen LogP contribution in [0.25, 0.3) is 0 Å². The monoisotopic (exact) mass is 425 g/mol. The van der Waals surface area contributed by atoms with Crippen LogP contribution in [0.3, 0.4) is 0 Å². The molecule has 0 aliphatic rings. The molecular formula is C13H11Cl2F6N3O2. The van der Waals surface area contributed by atoms with Crippen molar-refractivity contribution in [2.45, 2.75) is 31.2 Å². The smallest absolute Gasteiger partial charge is 0.315 e. The Labute approximate surface area is 153 Å². The first kappa shape index (κ1) is 22.2. The highest BCUT2D eigenvalue weighted by Crippen LogP contribution is 2.45. The molecule has 0 aromatic heterocycles. The largest absolute Gasteiger partial charge is 0.420 e. The maximum absolute atomic E-state index is 12.9. The Morgan fingerprint density at radius 1 is 0.962 bits per heavy atom. The number of rotatable bonds is 3. The Balaban J connectivity index is 2.86. The van der Waals surface area contributed by atoms with Crippen molar-refractivity contribution in [3.63, 3.8) is 0 Å². The minimum atomic E-state index is -5.81. The summed E-state index contributed by atoms with van der Waals surface area (Å²) in [6.07, 6.45) is -13.1. The van der Waals surface area contributed by atoms with Gasteiger partial charge in [0, 0.05) is 5.56 Å². The highest BCUT2D eigenvalue weighted by molar-refractivity contribution is 6.42. The Morgan fingerprint density at radius 3 is 1.92 bits per heavy atom. The number of carbonyl (C=O) groups is 2. The molecule has 3 amide bonds. The molecule has 0 bridgehead atoms. The molecule has 0 spiro atoms. The summed E-state index contributed by atoms with van der Waals surface area (Å²) in [5, 5.41) is 0.909. The van der Waals surface area contributed by atoms with Gasteiger partial charge in [-0.3, -0.25) is 10.2 Å². The lowest BCUT2D eigenvalue weighted by Gasteiger charge is -2.36. The number of halogens is 8. The molecule has 0 fully saturated rings. The average Bonchev–Trinajstić information content (AvgIpc) is 2.50. The highest BCUT2D eigenvalue weighted by Gasteiger charge is 2.70. The van der Waals surface area contributed by atoms with Crippen molar-refractivity contribution in [1.29, 1.82) is 0 Å². The third kappa shape index (κ3) is 4.64. The summed E-state index contributed by atoms with van der Waals surface area (Å²) in [6.45, 7) is 0.607. The second-order valence-corrected chi connectivity index (χ2v) is 5.73. The van der Waals surface area contributed by atoms with E-state index >= 15 is 0 Å². The van der Waals surface area contributed by atoms with Gasteiger partial charge in [0.2, 0.25) is 5.54 Å².